The molecule has 16 heavy (non-hydrogen) atoms. The molecule has 0 aliphatic rings. The Bertz CT molecular complexity index is 278. The van der Waals surface area contributed by atoms with Gasteiger partial charge in [-0.3, -0.25) is 0 Å². The minimum atomic E-state index is -1.76. The molecule has 0 unspecified atom stereocenters. The highest BCUT2D eigenvalue weighted by atomic mass is 28.4. The molecule has 2 atom stereocenters. The standard InChI is InChI=1S/C14H26OSi/c1-9-11-12(3)13(10-2)15-16(7,8)14(4,5)6/h2,9,11-13H,1,3-8H3/t12-,13+/m1/s1. The molecule has 0 radical (unpaired) electrons. The van der Waals surface area contributed by atoms with Gasteiger partial charge in [-0.1, -0.05) is 45.8 Å². The molecule has 92 valence electrons. The van der Waals surface area contributed by atoms with Crippen LogP contribution in [0, 0.1) is 18.3 Å². The van der Waals surface area contributed by atoms with Crippen molar-refractivity contribution < 1.29 is 4.43 Å². The van der Waals surface area contributed by atoms with Crippen LogP contribution in [0.2, 0.25) is 18.1 Å². The molecule has 1 nitrogen and oxygen atoms in total. The molecule has 0 rings (SSSR count). The zero-order valence-corrected chi connectivity index (χ0v) is 12.8. The third-order valence-electron chi connectivity index (χ3n) is 3.37. The molecule has 0 amide bonds. The van der Waals surface area contributed by atoms with Crippen LogP contribution in [-0.2, 0) is 4.43 Å². The van der Waals surface area contributed by atoms with E-state index in [9.17, 15) is 0 Å². The summed E-state index contributed by atoms with van der Waals surface area (Å²) in [5.74, 6) is 3.06. The fourth-order valence-electron chi connectivity index (χ4n) is 1.19. The molecule has 0 saturated carbocycles. The Balaban J connectivity index is 4.75. The number of terminal acetylenes is 1. The largest absolute Gasteiger partial charge is 0.403 e. The maximum Gasteiger partial charge on any atom is 0.193 e. The van der Waals surface area contributed by atoms with Gasteiger partial charge >= 0.3 is 0 Å². The fraction of sp³-hybridized carbons (Fsp3) is 0.714. The highest BCUT2D eigenvalue weighted by Gasteiger charge is 2.39. The van der Waals surface area contributed by atoms with Gasteiger partial charge in [-0.25, -0.2) is 0 Å². The SMILES string of the molecule is C#C[C@H](O[Si](C)(C)C(C)(C)C)[C@H](C)C=CC. The first-order valence-electron chi connectivity index (χ1n) is 5.92. The molecule has 0 heterocycles. The van der Waals surface area contributed by atoms with E-state index in [4.69, 9.17) is 10.8 Å². The predicted octanol–water partition coefficient (Wildman–Crippen LogP) is 4.22. The summed E-state index contributed by atoms with van der Waals surface area (Å²) in [6.45, 7) is 15.3. The van der Waals surface area contributed by atoms with Crippen molar-refractivity contribution in [1.82, 2.24) is 0 Å². The zero-order valence-electron chi connectivity index (χ0n) is 11.8. The summed E-state index contributed by atoms with van der Waals surface area (Å²) in [4.78, 5) is 0. The second kappa shape index (κ2) is 5.70. The maximum atomic E-state index is 6.22. The van der Waals surface area contributed by atoms with Crippen molar-refractivity contribution in [2.45, 2.75) is 58.9 Å². The molecule has 0 saturated heterocycles. The first-order chi connectivity index (χ1) is 7.15. The first-order valence-corrected chi connectivity index (χ1v) is 8.83. The topological polar surface area (TPSA) is 9.23 Å². The first kappa shape index (κ1) is 15.5. The van der Waals surface area contributed by atoms with Gasteiger partial charge in [-0.05, 0) is 25.1 Å². The fourth-order valence-corrected chi connectivity index (χ4v) is 2.46. The monoisotopic (exact) mass is 238 g/mol. The van der Waals surface area contributed by atoms with E-state index in [1.165, 1.54) is 0 Å². The van der Waals surface area contributed by atoms with Crippen LogP contribution in [0.4, 0.5) is 0 Å². The highest BCUT2D eigenvalue weighted by Crippen LogP contribution is 2.38. The van der Waals surface area contributed by atoms with Gasteiger partial charge in [-0.2, -0.15) is 0 Å². The van der Waals surface area contributed by atoms with E-state index in [1.807, 2.05) is 13.0 Å². The summed E-state index contributed by atoms with van der Waals surface area (Å²) < 4.78 is 6.22. The van der Waals surface area contributed by atoms with E-state index in [2.05, 4.69) is 52.8 Å². The number of hydrogen-bond donors (Lipinski definition) is 0. The van der Waals surface area contributed by atoms with E-state index in [1.54, 1.807) is 0 Å². The van der Waals surface area contributed by atoms with E-state index < -0.39 is 8.32 Å². The van der Waals surface area contributed by atoms with E-state index in [0.717, 1.165) is 0 Å². The molecule has 0 aromatic rings. The van der Waals surface area contributed by atoms with Crippen LogP contribution in [0.5, 0.6) is 0 Å². The van der Waals surface area contributed by atoms with Gasteiger partial charge in [0.15, 0.2) is 8.32 Å². The van der Waals surface area contributed by atoms with Crippen molar-refractivity contribution in [2.75, 3.05) is 0 Å². The van der Waals surface area contributed by atoms with E-state index >= 15 is 0 Å². The number of hydrogen-bond acceptors (Lipinski definition) is 1. The minimum absolute atomic E-state index is 0.0999. The van der Waals surface area contributed by atoms with Crippen molar-refractivity contribution in [3.05, 3.63) is 12.2 Å². The molecule has 0 N–H and O–H groups in total. The predicted molar refractivity (Wildman–Crippen MR) is 74.9 cm³/mol. The van der Waals surface area contributed by atoms with Gasteiger partial charge in [0.1, 0.15) is 6.10 Å². The Kier molecular flexibility index (Phi) is 5.51. The van der Waals surface area contributed by atoms with Crippen molar-refractivity contribution in [2.24, 2.45) is 5.92 Å². The van der Waals surface area contributed by atoms with Crippen LogP contribution in [0.1, 0.15) is 34.6 Å². The quantitative estimate of drug-likeness (QED) is 0.405. The molecular formula is C14H26OSi. The van der Waals surface area contributed by atoms with Gasteiger partial charge in [0.2, 0.25) is 0 Å². The van der Waals surface area contributed by atoms with Crippen LogP contribution in [0.15, 0.2) is 12.2 Å². The zero-order chi connectivity index (χ0) is 13.0. The Labute approximate surface area is 102 Å². The normalized spacial score (nSPS) is 17.1. The third kappa shape index (κ3) is 4.15. The van der Waals surface area contributed by atoms with E-state index in [-0.39, 0.29) is 17.1 Å². The molecule has 0 spiro atoms. The molecule has 0 aliphatic carbocycles. The van der Waals surface area contributed by atoms with Gasteiger partial charge in [0.05, 0.1) is 0 Å². The van der Waals surface area contributed by atoms with Crippen LogP contribution in [0.3, 0.4) is 0 Å². The van der Waals surface area contributed by atoms with Crippen molar-refractivity contribution >= 4 is 8.32 Å². The van der Waals surface area contributed by atoms with Gasteiger partial charge < -0.3 is 4.43 Å². The summed E-state index contributed by atoms with van der Waals surface area (Å²) in [5.41, 5.74) is 0. The summed E-state index contributed by atoms with van der Waals surface area (Å²) in [7, 11) is -1.76. The third-order valence-corrected chi connectivity index (χ3v) is 7.82. The highest BCUT2D eigenvalue weighted by molar-refractivity contribution is 6.74. The van der Waals surface area contributed by atoms with Crippen molar-refractivity contribution in [3.8, 4) is 12.3 Å². The molecule has 0 bridgehead atoms. The Hall–Kier alpha value is -0.523. The van der Waals surface area contributed by atoms with Crippen LogP contribution < -0.4 is 0 Å². The molecular weight excluding hydrogens is 212 g/mol. The Morgan fingerprint density at radius 3 is 2.12 bits per heavy atom. The van der Waals surface area contributed by atoms with Gasteiger partial charge in [0, 0.05) is 5.92 Å². The van der Waals surface area contributed by atoms with Crippen LogP contribution in [0.25, 0.3) is 0 Å². The molecule has 2 heteroatoms. The van der Waals surface area contributed by atoms with Crippen molar-refractivity contribution in [1.29, 1.82) is 0 Å². The summed E-state index contributed by atoms with van der Waals surface area (Å²) >= 11 is 0. The van der Waals surface area contributed by atoms with E-state index in [0.29, 0.717) is 0 Å². The lowest BCUT2D eigenvalue weighted by atomic mass is 10.1. The number of allylic oxidation sites excluding steroid dienone is 1. The lowest BCUT2D eigenvalue weighted by Gasteiger charge is -2.39. The lowest BCUT2D eigenvalue weighted by Crippen LogP contribution is -2.44. The summed E-state index contributed by atoms with van der Waals surface area (Å²) in [6, 6.07) is 0. The van der Waals surface area contributed by atoms with Gasteiger partial charge in [0.25, 0.3) is 0 Å². The number of rotatable bonds is 4. The summed E-state index contributed by atoms with van der Waals surface area (Å²) in [5, 5.41) is 0.206. The van der Waals surface area contributed by atoms with Gasteiger partial charge in [-0.15, -0.1) is 6.42 Å². The molecule has 0 aliphatic heterocycles. The molecule has 0 aromatic heterocycles. The van der Waals surface area contributed by atoms with Crippen molar-refractivity contribution in [3.63, 3.8) is 0 Å². The second-order valence-corrected chi connectivity index (χ2v) is 10.6. The summed E-state index contributed by atoms with van der Waals surface area (Å²) in [6.07, 6.45) is 9.61. The van der Waals surface area contributed by atoms with Crippen LogP contribution >= 0.6 is 0 Å². The van der Waals surface area contributed by atoms with Crippen LogP contribution in [-0.4, -0.2) is 14.4 Å². The molecule has 0 aromatic carbocycles. The Morgan fingerprint density at radius 1 is 1.31 bits per heavy atom. The maximum absolute atomic E-state index is 6.22. The second-order valence-electron chi connectivity index (χ2n) is 5.85. The molecule has 0 fully saturated rings. The Morgan fingerprint density at radius 2 is 1.81 bits per heavy atom. The smallest absolute Gasteiger partial charge is 0.193 e. The lowest BCUT2D eigenvalue weighted by molar-refractivity contribution is 0.198. The average Bonchev–Trinajstić information content (AvgIpc) is 2.12. The average molecular weight is 238 g/mol. The minimum Gasteiger partial charge on any atom is -0.403 e.